The molecule has 0 amide bonds. The van der Waals surface area contributed by atoms with Crippen LogP contribution in [0.2, 0.25) is 0 Å². The van der Waals surface area contributed by atoms with Gasteiger partial charge >= 0.3 is 0 Å². The fourth-order valence-corrected chi connectivity index (χ4v) is 4.34. The van der Waals surface area contributed by atoms with Crippen molar-refractivity contribution in [3.63, 3.8) is 0 Å². The van der Waals surface area contributed by atoms with Crippen LogP contribution >= 0.6 is 24.0 Å². The van der Waals surface area contributed by atoms with Gasteiger partial charge in [-0.2, -0.15) is 0 Å². The monoisotopic (exact) mass is 494 g/mol. The number of nitrogens with zero attached hydrogens (tertiary/aromatic N) is 3. The summed E-state index contributed by atoms with van der Waals surface area (Å²) < 4.78 is 11.8. The van der Waals surface area contributed by atoms with Crippen molar-refractivity contribution in [3.05, 3.63) is 0 Å². The molecule has 3 rings (SSSR count). The Morgan fingerprint density at radius 3 is 2.48 bits per heavy atom. The van der Waals surface area contributed by atoms with Gasteiger partial charge < -0.3 is 24.6 Å². The highest BCUT2D eigenvalue weighted by Gasteiger charge is 2.32. The standard InChI is InChI=1S/C20H38N4O2.HI/c1-3-9-23-10-7-17(8-11-23)15-22-20(21-4-2)24-12-14-26-19(16-24)18-6-5-13-25-18;/h17-19H,3-16H2,1-2H3,(H,21,22);1H. The van der Waals surface area contributed by atoms with Gasteiger partial charge in [0, 0.05) is 32.8 Å². The number of morpholine rings is 1. The number of guanidine groups is 1. The second kappa shape index (κ2) is 12.4. The van der Waals surface area contributed by atoms with Crippen LogP contribution in [0.15, 0.2) is 4.99 Å². The molecular weight excluding hydrogens is 455 g/mol. The maximum Gasteiger partial charge on any atom is 0.194 e. The van der Waals surface area contributed by atoms with Crippen LogP contribution in [0.25, 0.3) is 0 Å². The number of aliphatic imine (C=N–C) groups is 1. The van der Waals surface area contributed by atoms with Crippen LogP contribution in [0.5, 0.6) is 0 Å². The van der Waals surface area contributed by atoms with Gasteiger partial charge in [0.25, 0.3) is 0 Å². The van der Waals surface area contributed by atoms with Crippen molar-refractivity contribution in [2.75, 3.05) is 59.0 Å². The predicted molar refractivity (Wildman–Crippen MR) is 121 cm³/mol. The van der Waals surface area contributed by atoms with Crippen LogP contribution in [0.3, 0.4) is 0 Å². The molecule has 6 nitrogen and oxygen atoms in total. The van der Waals surface area contributed by atoms with Gasteiger partial charge in [0.1, 0.15) is 6.10 Å². The predicted octanol–water partition coefficient (Wildman–Crippen LogP) is 2.57. The van der Waals surface area contributed by atoms with Gasteiger partial charge in [0.2, 0.25) is 0 Å². The summed E-state index contributed by atoms with van der Waals surface area (Å²) in [6, 6.07) is 0. The number of rotatable bonds is 6. The maximum absolute atomic E-state index is 5.99. The molecule has 0 saturated carbocycles. The first kappa shape index (κ1) is 23.2. The number of ether oxygens (including phenoxy) is 2. The molecule has 2 unspecified atom stereocenters. The third-order valence-corrected chi connectivity index (χ3v) is 5.85. The zero-order chi connectivity index (χ0) is 18.2. The zero-order valence-electron chi connectivity index (χ0n) is 17.2. The van der Waals surface area contributed by atoms with Gasteiger partial charge in [0.05, 0.1) is 12.7 Å². The Bertz CT molecular complexity index is 438. The normalized spacial score (nSPS) is 28.2. The Morgan fingerprint density at radius 2 is 1.81 bits per heavy atom. The maximum atomic E-state index is 5.99. The molecule has 0 spiro atoms. The van der Waals surface area contributed by atoms with Crippen molar-refractivity contribution < 1.29 is 9.47 Å². The Morgan fingerprint density at radius 1 is 1.04 bits per heavy atom. The molecule has 3 fully saturated rings. The van der Waals surface area contributed by atoms with E-state index in [0.29, 0.717) is 0 Å². The Labute approximate surface area is 182 Å². The minimum Gasteiger partial charge on any atom is -0.375 e. The highest BCUT2D eigenvalue weighted by Crippen LogP contribution is 2.21. The molecule has 2 atom stereocenters. The van der Waals surface area contributed by atoms with Crippen LogP contribution in [0.4, 0.5) is 0 Å². The van der Waals surface area contributed by atoms with Crippen LogP contribution in [0, 0.1) is 5.92 Å². The average molecular weight is 494 g/mol. The quantitative estimate of drug-likeness (QED) is 0.350. The van der Waals surface area contributed by atoms with Crippen molar-refractivity contribution in [1.82, 2.24) is 15.1 Å². The van der Waals surface area contributed by atoms with E-state index in [4.69, 9.17) is 14.5 Å². The van der Waals surface area contributed by atoms with Gasteiger partial charge in [-0.1, -0.05) is 6.92 Å². The SMILES string of the molecule is CCCN1CCC(CN=C(NCC)N2CCOC(C3CCCO3)C2)CC1.I. The first-order valence-corrected chi connectivity index (χ1v) is 10.8. The number of nitrogens with one attached hydrogen (secondary N) is 1. The van der Waals surface area contributed by atoms with Crippen molar-refractivity contribution >= 4 is 29.9 Å². The van der Waals surface area contributed by atoms with Crippen molar-refractivity contribution in [1.29, 1.82) is 0 Å². The molecule has 3 aliphatic rings. The highest BCUT2D eigenvalue weighted by atomic mass is 127. The van der Waals surface area contributed by atoms with Gasteiger partial charge in [-0.15, -0.1) is 24.0 Å². The molecule has 0 radical (unpaired) electrons. The second-order valence-electron chi connectivity index (χ2n) is 7.89. The lowest BCUT2D eigenvalue weighted by Gasteiger charge is -2.37. The van der Waals surface area contributed by atoms with E-state index in [0.717, 1.165) is 64.1 Å². The first-order chi connectivity index (χ1) is 12.8. The van der Waals surface area contributed by atoms with Crippen LogP contribution < -0.4 is 5.32 Å². The van der Waals surface area contributed by atoms with Crippen LogP contribution in [-0.2, 0) is 9.47 Å². The summed E-state index contributed by atoms with van der Waals surface area (Å²) in [6.07, 6.45) is 6.57. The summed E-state index contributed by atoms with van der Waals surface area (Å²) >= 11 is 0. The van der Waals surface area contributed by atoms with Crippen molar-refractivity contribution in [2.24, 2.45) is 10.9 Å². The fraction of sp³-hybridized carbons (Fsp3) is 0.950. The Kier molecular flexibility index (Phi) is 10.7. The number of hydrogen-bond acceptors (Lipinski definition) is 4. The summed E-state index contributed by atoms with van der Waals surface area (Å²) in [4.78, 5) is 9.99. The van der Waals surface area contributed by atoms with E-state index in [1.54, 1.807) is 0 Å². The largest absolute Gasteiger partial charge is 0.375 e. The molecule has 1 N–H and O–H groups in total. The van der Waals surface area contributed by atoms with Gasteiger partial charge in [0.15, 0.2) is 5.96 Å². The van der Waals surface area contributed by atoms with Crippen LogP contribution in [-0.4, -0.2) is 87.0 Å². The number of halogens is 1. The summed E-state index contributed by atoms with van der Waals surface area (Å²) in [6.45, 7) is 13.5. The van der Waals surface area contributed by atoms with E-state index < -0.39 is 0 Å². The number of piperidine rings is 1. The minimum absolute atomic E-state index is 0. The topological polar surface area (TPSA) is 49.3 Å². The van der Waals surface area contributed by atoms with E-state index in [1.807, 2.05) is 0 Å². The third kappa shape index (κ3) is 7.01. The fourth-order valence-electron chi connectivity index (χ4n) is 4.34. The average Bonchev–Trinajstić information content (AvgIpc) is 3.21. The van der Waals surface area contributed by atoms with Gasteiger partial charge in [-0.25, -0.2) is 0 Å². The third-order valence-electron chi connectivity index (χ3n) is 5.85. The smallest absolute Gasteiger partial charge is 0.194 e. The van der Waals surface area contributed by atoms with Crippen molar-refractivity contribution in [3.8, 4) is 0 Å². The molecule has 158 valence electrons. The lowest BCUT2D eigenvalue weighted by Crippen LogP contribution is -2.53. The summed E-state index contributed by atoms with van der Waals surface area (Å²) in [5.41, 5.74) is 0. The highest BCUT2D eigenvalue weighted by molar-refractivity contribution is 14.0. The second-order valence-corrected chi connectivity index (χ2v) is 7.89. The molecule has 7 heteroatoms. The van der Waals surface area contributed by atoms with Crippen LogP contribution in [0.1, 0.15) is 46.0 Å². The molecule has 0 aromatic heterocycles. The van der Waals surface area contributed by atoms with Gasteiger partial charge in [-0.05, 0) is 64.6 Å². The molecule has 0 aliphatic carbocycles. The molecular formula is C20H39IN4O2. The lowest BCUT2D eigenvalue weighted by molar-refractivity contribution is -0.0817. The molecule has 0 aromatic carbocycles. The van der Waals surface area contributed by atoms with E-state index in [9.17, 15) is 0 Å². The van der Waals surface area contributed by atoms with E-state index in [2.05, 4.69) is 29.0 Å². The van der Waals surface area contributed by atoms with E-state index >= 15 is 0 Å². The Hall–Kier alpha value is -0.120. The van der Waals surface area contributed by atoms with E-state index in [-0.39, 0.29) is 36.2 Å². The van der Waals surface area contributed by atoms with Crippen molar-refractivity contribution in [2.45, 2.75) is 58.2 Å². The molecule has 0 bridgehead atoms. The molecule has 27 heavy (non-hydrogen) atoms. The van der Waals surface area contributed by atoms with Gasteiger partial charge in [-0.3, -0.25) is 4.99 Å². The van der Waals surface area contributed by atoms with E-state index in [1.165, 1.54) is 38.9 Å². The first-order valence-electron chi connectivity index (χ1n) is 10.8. The molecule has 3 saturated heterocycles. The Balaban J connectivity index is 0.00000261. The number of hydrogen-bond donors (Lipinski definition) is 1. The summed E-state index contributed by atoms with van der Waals surface area (Å²) in [5.74, 6) is 1.79. The lowest BCUT2D eigenvalue weighted by atomic mass is 9.97. The molecule has 3 aliphatic heterocycles. The summed E-state index contributed by atoms with van der Waals surface area (Å²) in [7, 11) is 0. The molecule has 3 heterocycles. The zero-order valence-corrected chi connectivity index (χ0v) is 19.5. The molecule has 0 aromatic rings. The minimum atomic E-state index is 0. The number of likely N-dealkylation sites (tertiary alicyclic amines) is 1. The summed E-state index contributed by atoms with van der Waals surface area (Å²) in [5, 5.41) is 3.50.